The second-order valence-electron chi connectivity index (χ2n) is 3.79. The van der Waals surface area contributed by atoms with Crippen LogP contribution in [0.1, 0.15) is 0 Å². The monoisotopic (exact) mass is 226 g/mol. The van der Waals surface area contributed by atoms with Gasteiger partial charge >= 0.3 is 0 Å². The van der Waals surface area contributed by atoms with E-state index in [9.17, 15) is 5.11 Å². The Morgan fingerprint density at radius 1 is 1.18 bits per heavy atom. The number of phenolic OH excluding ortho intramolecular Hbond substituents is 1. The van der Waals surface area contributed by atoms with Crippen LogP contribution in [0.2, 0.25) is 0 Å². The molecule has 2 heterocycles. The number of rotatable bonds is 1. The summed E-state index contributed by atoms with van der Waals surface area (Å²) >= 11 is 0. The van der Waals surface area contributed by atoms with E-state index in [1.54, 1.807) is 36.7 Å². The quantitative estimate of drug-likeness (QED) is 0.591. The van der Waals surface area contributed by atoms with Gasteiger partial charge in [0.15, 0.2) is 0 Å². The Balaban J connectivity index is 2.18. The standard InChI is InChI=1S/C12H10N4O/c13-8-3-7(5-14-6-8)12-15-10-2-1-9(17)4-11(10)16-12/h1-6,17H,13H2,(H,15,16). The fraction of sp³-hybridized carbons (Fsp3) is 0. The fourth-order valence-electron chi connectivity index (χ4n) is 1.72. The minimum atomic E-state index is 0.207. The van der Waals surface area contributed by atoms with Crippen molar-refractivity contribution < 1.29 is 5.11 Å². The van der Waals surface area contributed by atoms with E-state index in [1.165, 1.54) is 0 Å². The first-order valence-corrected chi connectivity index (χ1v) is 5.12. The average molecular weight is 226 g/mol. The molecule has 0 amide bonds. The number of nitrogens with one attached hydrogen (secondary N) is 1. The highest BCUT2D eigenvalue weighted by atomic mass is 16.3. The fourth-order valence-corrected chi connectivity index (χ4v) is 1.72. The van der Waals surface area contributed by atoms with Crippen LogP contribution in [-0.4, -0.2) is 20.1 Å². The van der Waals surface area contributed by atoms with Crippen LogP contribution >= 0.6 is 0 Å². The Labute approximate surface area is 97.0 Å². The van der Waals surface area contributed by atoms with E-state index in [0.717, 1.165) is 16.6 Å². The van der Waals surface area contributed by atoms with Gasteiger partial charge in [0.1, 0.15) is 11.6 Å². The molecule has 5 heteroatoms. The number of aromatic nitrogens is 3. The third kappa shape index (κ3) is 1.67. The van der Waals surface area contributed by atoms with E-state index in [2.05, 4.69) is 15.0 Å². The lowest BCUT2D eigenvalue weighted by atomic mass is 10.2. The number of hydrogen-bond acceptors (Lipinski definition) is 4. The van der Waals surface area contributed by atoms with E-state index in [0.29, 0.717) is 11.5 Å². The van der Waals surface area contributed by atoms with Crippen molar-refractivity contribution >= 4 is 16.7 Å². The molecule has 0 fully saturated rings. The normalized spacial score (nSPS) is 10.8. The van der Waals surface area contributed by atoms with E-state index in [-0.39, 0.29) is 5.75 Å². The molecule has 0 aliphatic rings. The number of benzene rings is 1. The Morgan fingerprint density at radius 3 is 2.88 bits per heavy atom. The summed E-state index contributed by atoms with van der Waals surface area (Å²) < 4.78 is 0. The summed E-state index contributed by atoms with van der Waals surface area (Å²) in [5, 5.41) is 9.37. The molecule has 2 aromatic heterocycles. The zero-order valence-electron chi connectivity index (χ0n) is 8.88. The molecule has 5 nitrogen and oxygen atoms in total. The number of phenols is 1. The zero-order chi connectivity index (χ0) is 11.8. The van der Waals surface area contributed by atoms with Gasteiger partial charge < -0.3 is 15.8 Å². The minimum Gasteiger partial charge on any atom is -0.508 e. The van der Waals surface area contributed by atoms with Crippen LogP contribution in [0, 0.1) is 0 Å². The first-order chi connectivity index (χ1) is 8.22. The molecule has 0 unspecified atom stereocenters. The second kappa shape index (κ2) is 3.48. The molecule has 0 saturated heterocycles. The number of aromatic amines is 1. The summed E-state index contributed by atoms with van der Waals surface area (Å²) in [7, 11) is 0. The van der Waals surface area contributed by atoms with Crippen LogP contribution in [-0.2, 0) is 0 Å². The smallest absolute Gasteiger partial charge is 0.140 e. The molecule has 3 aromatic rings. The summed E-state index contributed by atoms with van der Waals surface area (Å²) in [5.41, 5.74) is 8.65. The van der Waals surface area contributed by atoms with Crippen molar-refractivity contribution in [1.82, 2.24) is 15.0 Å². The van der Waals surface area contributed by atoms with Crippen molar-refractivity contribution in [2.24, 2.45) is 0 Å². The van der Waals surface area contributed by atoms with Crippen molar-refractivity contribution in [2.45, 2.75) is 0 Å². The third-order valence-corrected chi connectivity index (χ3v) is 2.50. The summed E-state index contributed by atoms with van der Waals surface area (Å²) in [6.45, 7) is 0. The lowest BCUT2D eigenvalue weighted by Gasteiger charge is -1.96. The van der Waals surface area contributed by atoms with Crippen molar-refractivity contribution in [3.8, 4) is 17.1 Å². The molecule has 0 radical (unpaired) electrons. The van der Waals surface area contributed by atoms with Gasteiger partial charge in [-0.25, -0.2) is 4.98 Å². The largest absolute Gasteiger partial charge is 0.508 e. The average Bonchev–Trinajstić information content (AvgIpc) is 2.72. The molecule has 3 rings (SSSR count). The lowest BCUT2D eigenvalue weighted by molar-refractivity contribution is 0.476. The van der Waals surface area contributed by atoms with Crippen molar-refractivity contribution in [1.29, 1.82) is 0 Å². The Hall–Kier alpha value is -2.56. The molecular formula is C12H10N4O. The van der Waals surface area contributed by atoms with Crippen molar-refractivity contribution in [3.05, 3.63) is 36.7 Å². The van der Waals surface area contributed by atoms with Gasteiger partial charge in [-0.1, -0.05) is 0 Å². The van der Waals surface area contributed by atoms with Gasteiger partial charge in [-0.3, -0.25) is 4.98 Å². The number of imidazole rings is 1. The maximum absolute atomic E-state index is 9.37. The van der Waals surface area contributed by atoms with Gasteiger partial charge in [-0.05, 0) is 18.2 Å². The van der Waals surface area contributed by atoms with Gasteiger partial charge in [0.25, 0.3) is 0 Å². The summed E-state index contributed by atoms with van der Waals surface area (Å²) in [6, 6.07) is 6.78. The highest BCUT2D eigenvalue weighted by molar-refractivity contribution is 5.80. The molecule has 17 heavy (non-hydrogen) atoms. The number of H-pyrrole nitrogens is 1. The molecule has 0 saturated carbocycles. The summed E-state index contributed by atoms with van der Waals surface area (Å²) in [4.78, 5) is 11.5. The number of nitrogens with two attached hydrogens (primary N) is 1. The summed E-state index contributed by atoms with van der Waals surface area (Å²) in [5.74, 6) is 0.892. The van der Waals surface area contributed by atoms with Gasteiger partial charge in [-0.2, -0.15) is 0 Å². The van der Waals surface area contributed by atoms with E-state index < -0.39 is 0 Å². The maximum atomic E-state index is 9.37. The summed E-state index contributed by atoms with van der Waals surface area (Å²) in [6.07, 6.45) is 3.27. The Bertz CT molecular complexity index is 690. The topological polar surface area (TPSA) is 87.8 Å². The molecule has 1 aromatic carbocycles. The van der Waals surface area contributed by atoms with Crippen LogP contribution in [0.25, 0.3) is 22.4 Å². The number of pyridine rings is 1. The Morgan fingerprint density at radius 2 is 2.06 bits per heavy atom. The highest BCUT2D eigenvalue weighted by Crippen LogP contribution is 2.23. The van der Waals surface area contributed by atoms with Crippen LogP contribution in [0.4, 0.5) is 5.69 Å². The second-order valence-corrected chi connectivity index (χ2v) is 3.79. The van der Waals surface area contributed by atoms with Gasteiger partial charge in [0, 0.05) is 24.0 Å². The number of fused-ring (bicyclic) bond motifs is 1. The minimum absolute atomic E-state index is 0.207. The molecule has 0 bridgehead atoms. The lowest BCUT2D eigenvalue weighted by Crippen LogP contribution is -1.88. The molecule has 84 valence electrons. The SMILES string of the molecule is Nc1cncc(-c2nc3ccc(O)cc3[nH]2)c1. The molecule has 0 atom stereocenters. The molecule has 4 N–H and O–H groups in total. The van der Waals surface area contributed by atoms with Gasteiger partial charge in [0.05, 0.1) is 16.7 Å². The van der Waals surface area contributed by atoms with Crippen LogP contribution in [0.15, 0.2) is 36.7 Å². The molecular weight excluding hydrogens is 216 g/mol. The number of aromatic hydroxyl groups is 1. The highest BCUT2D eigenvalue weighted by Gasteiger charge is 2.06. The first-order valence-electron chi connectivity index (χ1n) is 5.12. The van der Waals surface area contributed by atoms with Crippen LogP contribution < -0.4 is 5.73 Å². The number of nitrogens with zero attached hydrogens (tertiary/aromatic N) is 2. The number of nitrogen functional groups attached to an aromatic ring is 1. The van der Waals surface area contributed by atoms with Crippen molar-refractivity contribution in [2.75, 3.05) is 5.73 Å². The third-order valence-electron chi connectivity index (χ3n) is 2.50. The maximum Gasteiger partial charge on any atom is 0.140 e. The number of hydrogen-bond donors (Lipinski definition) is 3. The van der Waals surface area contributed by atoms with Crippen LogP contribution in [0.3, 0.4) is 0 Å². The van der Waals surface area contributed by atoms with Crippen LogP contribution in [0.5, 0.6) is 5.75 Å². The molecule has 0 spiro atoms. The van der Waals surface area contributed by atoms with Gasteiger partial charge in [0.2, 0.25) is 0 Å². The van der Waals surface area contributed by atoms with E-state index >= 15 is 0 Å². The predicted octanol–water partition coefficient (Wildman–Crippen LogP) is 1.91. The Kier molecular flexibility index (Phi) is 1.98. The van der Waals surface area contributed by atoms with Crippen molar-refractivity contribution in [3.63, 3.8) is 0 Å². The number of anilines is 1. The first kappa shape index (κ1) is 9.65. The predicted molar refractivity (Wildman–Crippen MR) is 65.4 cm³/mol. The molecule has 0 aliphatic carbocycles. The van der Waals surface area contributed by atoms with E-state index in [1.807, 2.05) is 0 Å². The van der Waals surface area contributed by atoms with E-state index in [4.69, 9.17) is 5.73 Å². The molecule has 0 aliphatic heterocycles. The van der Waals surface area contributed by atoms with Gasteiger partial charge in [-0.15, -0.1) is 0 Å². The zero-order valence-corrected chi connectivity index (χ0v) is 8.88.